The van der Waals surface area contributed by atoms with Crippen molar-refractivity contribution in [2.24, 2.45) is 7.05 Å². The molecule has 0 fully saturated rings. The Labute approximate surface area is 153 Å². The number of rotatable bonds is 7. The maximum absolute atomic E-state index is 12.4. The average molecular weight is 373 g/mol. The zero-order chi connectivity index (χ0) is 18.7. The maximum Gasteiger partial charge on any atom is 0.240 e. The quantitative estimate of drug-likeness (QED) is 0.691. The van der Waals surface area contributed by atoms with Crippen LogP contribution in [0.15, 0.2) is 47.4 Å². The molecule has 138 valence electrons. The van der Waals surface area contributed by atoms with E-state index in [9.17, 15) is 8.42 Å². The van der Waals surface area contributed by atoms with Crippen LogP contribution in [-0.4, -0.2) is 31.6 Å². The van der Waals surface area contributed by atoms with Gasteiger partial charge in [0.1, 0.15) is 11.6 Å². The first-order valence-electron chi connectivity index (χ1n) is 8.52. The topological polar surface area (TPSA) is 73.2 Å². The van der Waals surface area contributed by atoms with E-state index in [0.29, 0.717) is 6.42 Å². The number of aryl methyl sites for hydroxylation is 2. The SMILES string of the molecule is CCc1ccc(S(=O)(=O)NCCc2nc3cc(OC)ccc3n2C)cc1. The molecule has 3 rings (SSSR count). The highest BCUT2D eigenvalue weighted by molar-refractivity contribution is 7.89. The van der Waals surface area contributed by atoms with Crippen LogP contribution < -0.4 is 9.46 Å². The second-order valence-corrected chi connectivity index (χ2v) is 7.85. The van der Waals surface area contributed by atoms with E-state index < -0.39 is 10.0 Å². The van der Waals surface area contributed by atoms with Crippen molar-refractivity contribution in [2.45, 2.75) is 24.7 Å². The maximum atomic E-state index is 12.4. The molecule has 0 saturated carbocycles. The van der Waals surface area contributed by atoms with Crippen LogP contribution in [0.3, 0.4) is 0 Å². The Morgan fingerprint density at radius 1 is 1.15 bits per heavy atom. The van der Waals surface area contributed by atoms with Crippen LogP contribution in [0.5, 0.6) is 5.75 Å². The normalized spacial score (nSPS) is 11.8. The molecule has 1 aromatic heterocycles. The number of nitrogens with one attached hydrogen (secondary N) is 1. The lowest BCUT2D eigenvalue weighted by atomic mass is 10.2. The molecular formula is C19H23N3O3S. The zero-order valence-electron chi connectivity index (χ0n) is 15.2. The molecule has 26 heavy (non-hydrogen) atoms. The first kappa shape index (κ1) is 18.4. The molecule has 0 aliphatic carbocycles. The van der Waals surface area contributed by atoms with Crippen molar-refractivity contribution in [1.82, 2.24) is 14.3 Å². The lowest BCUT2D eigenvalue weighted by Crippen LogP contribution is -2.26. The molecule has 2 aromatic carbocycles. The molecule has 0 aliphatic heterocycles. The number of methoxy groups -OCH3 is 1. The van der Waals surface area contributed by atoms with E-state index in [0.717, 1.165) is 34.6 Å². The van der Waals surface area contributed by atoms with Crippen LogP contribution in [0.4, 0.5) is 0 Å². The second kappa shape index (κ2) is 7.47. The minimum absolute atomic E-state index is 0.282. The number of hydrogen-bond acceptors (Lipinski definition) is 4. The van der Waals surface area contributed by atoms with Crippen LogP contribution in [0, 0.1) is 0 Å². The second-order valence-electron chi connectivity index (χ2n) is 6.09. The third-order valence-corrected chi connectivity index (χ3v) is 5.94. The molecule has 3 aromatic rings. The van der Waals surface area contributed by atoms with Gasteiger partial charge in [0, 0.05) is 26.1 Å². The summed E-state index contributed by atoms with van der Waals surface area (Å²) in [6.45, 7) is 2.32. The molecule has 0 radical (unpaired) electrons. The molecule has 0 bridgehead atoms. The van der Waals surface area contributed by atoms with Gasteiger partial charge in [-0.25, -0.2) is 18.1 Å². The van der Waals surface area contributed by atoms with Crippen molar-refractivity contribution < 1.29 is 13.2 Å². The van der Waals surface area contributed by atoms with Gasteiger partial charge < -0.3 is 9.30 Å². The summed E-state index contributed by atoms with van der Waals surface area (Å²) in [7, 11) is 0.0276. The number of nitrogens with zero attached hydrogens (tertiary/aromatic N) is 2. The molecule has 1 heterocycles. The largest absolute Gasteiger partial charge is 0.497 e. The van der Waals surface area contributed by atoms with Gasteiger partial charge in [0.2, 0.25) is 10.0 Å². The van der Waals surface area contributed by atoms with Gasteiger partial charge in [-0.05, 0) is 36.2 Å². The molecule has 1 N–H and O–H groups in total. The van der Waals surface area contributed by atoms with Crippen molar-refractivity contribution in [2.75, 3.05) is 13.7 Å². The number of sulfonamides is 1. The molecule has 0 saturated heterocycles. The van der Waals surface area contributed by atoms with Gasteiger partial charge in [-0.15, -0.1) is 0 Å². The highest BCUT2D eigenvalue weighted by Gasteiger charge is 2.14. The van der Waals surface area contributed by atoms with E-state index in [1.807, 2.05) is 48.9 Å². The van der Waals surface area contributed by atoms with Gasteiger partial charge in [-0.2, -0.15) is 0 Å². The summed E-state index contributed by atoms with van der Waals surface area (Å²) in [5.74, 6) is 1.57. The highest BCUT2D eigenvalue weighted by Crippen LogP contribution is 2.21. The molecule has 6 nitrogen and oxygen atoms in total. The van der Waals surface area contributed by atoms with Crippen LogP contribution >= 0.6 is 0 Å². The summed E-state index contributed by atoms with van der Waals surface area (Å²) in [5.41, 5.74) is 2.93. The standard InChI is InChI=1S/C19H23N3O3S/c1-4-14-5-8-16(9-6-14)26(23,24)20-12-11-19-21-17-13-15(25-3)7-10-18(17)22(19)2/h5-10,13,20H,4,11-12H2,1-3H3. The molecule has 0 amide bonds. The van der Waals surface area contributed by atoms with Crippen LogP contribution in [0.2, 0.25) is 0 Å². The molecule has 0 aliphatic rings. The monoisotopic (exact) mass is 373 g/mol. The predicted octanol–water partition coefficient (Wildman–Crippen LogP) is 2.67. The van der Waals surface area contributed by atoms with Crippen molar-refractivity contribution in [3.05, 3.63) is 53.9 Å². The summed E-state index contributed by atoms with van der Waals surface area (Å²) < 4.78 is 34.7. The van der Waals surface area contributed by atoms with Crippen LogP contribution in [0.1, 0.15) is 18.3 Å². The summed E-state index contributed by atoms with van der Waals surface area (Å²) in [6, 6.07) is 12.7. The number of fused-ring (bicyclic) bond motifs is 1. The van der Waals surface area contributed by atoms with Gasteiger partial charge in [-0.3, -0.25) is 0 Å². The van der Waals surface area contributed by atoms with Crippen LogP contribution in [-0.2, 0) is 29.9 Å². The van der Waals surface area contributed by atoms with Crippen LogP contribution in [0.25, 0.3) is 11.0 Å². The Morgan fingerprint density at radius 2 is 1.88 bits per heavy atom. The predicted molar refractivity (Wildman–Crippen MR) is 102 cm³/mol. The molecular weight excluding hydrogens is 350 g/mol. The molecule has 0 spiro atoms. The zero-order valence-corrected chi connectivity index (χ0v) is 16.0. The van der Waals surface area contributed by atoms with Crippen molar-refractivity contribution >= 4 is 21.1 Å². The third-order valence-electron chi connectivity index (χ3n) is 4.46. The smallest absolute Gasteiger partial charge is 0.240 e. The number of benzene rings is 2. The number of hydrogen-bond donors (Lipinski definition) is 1. The summed E-state index contributed by atoms with van der Waals surface area (Å²) in [5, 5.41) is 0. The van der Waals surface area contributed by atoms with E-state index in [-0.39, 0.29) is 11.4 Å². The van der Waals surface area contributed by atoms with E-state index in [2.05, 4.69) is 9.71 Å². The van der Waals surface area contributed by atoms with Crippen molar-refractivity contribution in [1.29, 1.82) is 0 Å². The molecule has 7 heteroatoms. The number of aromatic nitrogens is 2. The fourth-order valence-electron chi connectivity index (χ4n) is 2.86. The lowest BCUT2D eigenvalue weighted by molar-refractivity contribution is 0.415. The first-order valence-corrected chi connectivity index (χ1v) is 10.0. The fourth-order valence-corrected chi connectivity index (χ4v) is 3.90. The summed E-state index contributed by atoms with van der Waals surface area (Å²) in [4.78, 5) is 4.87. The van der Waals surface area contributed by atoms with Gasteiger partial charge in [0.15, 0.2) is 0 Å². The van der Waals surface area contributed by atoms with Crippen molar-refractivity contribution in [3.63, 3.8) is 0 Å². The molecule has 0 unspecified atom stereocenters. The average Bonchev–Trinajstić information content (AvgIpc) is 2.96. The van der Waals surface area contributed by atoms with E-state index in [1.165, 1.54) is 0 Å². The fraction of sp³-hybridized carbons (Fsp3) is 0.316. The highest BCUT2D eigenvalue weighted by atomic mass is 32.2. The number of ether oxygens (including phenoxy) is 1. The van der Waals surface area contributed by atoms with Gasteiger partial charge in [0.05, 0.1) is 23.0 Å². The Morgan fingerprint density at radius 3 is 2.54 bits per heavy atom. The Balaban J connectivity index is 1.70. The van der Waals surface area contributed by atoms with Gasteiger partial charge in [-0.1, -0.05) is 19.1 Å². The Hall–Kier alpha value is -2.38. The number of imidazole rings is 1. The Bertz CT molecular complexity index is 1010. The van der Waals surface area contributed by atoms with E-state index in [4.69, 9.17) is 4.74 Å². The van der Waals surface area contributed by atoms with Gasteiger partial charge in [0.25, 0.3) is 0 Å². The minimum atomic E-state index is -3.52. The van der Waals surface area contributed by atoms with E-state index in [1.54, 1.807) is 19.2 Å². The first-order chi connectivity index (χ1) is 12.4. The summed E-state index contributed by atoms with van der Waals surface area (Å²) >= 11 is 0. The minimum Gasteiger partial charge on any atom is -0.497 e. The van der Waals surface area contributed by atoms with Gasteiger partial charge >= 0.3 is 0 Å². The van der Waals surface area contributed by atoms with E-state index >= 15 is 0 Å². The summed E-state index contributed by atoms with van der Waals surface area (Å²) in [6.07, 6.45) is 1.38. The lowest BCUT2D eigenvalue weighted by Gasteiger charge is -2.07. The third kappa shape index (κ3) is 3.73. The molecule has 0 atom stereocenters. The Kier molecular flexibility index (Phi) is 5.29. The van der Waals surface area contributed by atoms with Crippen molar-refractivity contribution in [3.8, 4) is 5.75 Å².